The summed E-state index contributed by atoms with van der Waals surface area (Å²) >= 11 is 0. The van der Waals surface area contributed by atoms with E-state index in [1.165, 1.54) is 7.05 Å². The smallest absolute Gasteiger partial charge is 0.235 e. The van der Waals surface area contributed by atoms with Crippen molar-refractivity contribution in [2.45, 2.75) is 13.0 Å². The van der Waals surface area contributed by atoms with E-state index in [1.807, 2.05) is 25.1 Å². The van der Waals surface area contributed by atoms with Crippen LogP contribution in [0.15, 0.2) is 24.3 Å². The molecule has 0 heterocycles. The lowest BCUT2D eigenvalue weighted by atomic mass is 10.1. The van der Waals surface area contributed by atoms with E-state index in [2.05, 4.69) is 5.32 Å². The number of amides is 1. The van der Waals surface area contributed by atoms with Crippen LogP contribution >= 0.6 is 0 Å². The molecule has 112 valence electrons. The molecule has 0 saturated carbocycles. The van der Waals surface area contributed by atoms with Crippen LogP contribution in [0.3, 0.4) is 0 Å². The molecule has 1 rings (SSSR count). The number of ether oxygens (including phenoxy) is 1. The highest BCUT2D eigenvalue weighted by atomic mass is 32.2. The van der Waals surface area contributed by atoms with Gasteiger partial charge in [-0.1, -0.05) is 18.2 Å². The van der Waals surface area contributed by atoms with Crippen LogP contribution in [-0.2, 0) is 14.8 Å². The maximum Gasteiger partial charge on any atom is 0.235 e. The first kappa shape index (κ1) is 16.5. The number of likely N-dealkylation sites (N-methyl/N-ethyl adjacent to an activating group) is 1. The van der Waals surface area contributed by atoms with Crippen molar-refractivity contribution < 1.29 is 17.9 Å². The molecule has 0 spiro atoms. The van der Waals surface area contributed by atoms with Gasteiger partial charge in [0.2, 0.25) is 15.9 Å². The van der Waals surface area contributed by atoms with Crippen LogP contribution in [0.4, 0.5) is 0 Å². The van der Waals surface area contributed by atoms with Crippen LogP contribution in [0.2, 0.25) is 0 Å². The zero-order valence-corrected chi connectivity index (χ0v) is 12.9. The van der Waals surface area contributed by atoms with E-state index in [-0.39, 0.29) is 18.5 Å². The molecule has 1 aromatic rings. The second kappa shape index (κ2) is 6.71. The molecule has 0 aliphatic heterocycles. The number of rotatable bonds is 6. The van der Waals surface area contributed by atoms with Gasteiger partial charge in [0.1, 0.15) is 5.75 Å². The van der Waals surface area contributed by atoms with E-state index >= 15 is 0 Å². The van der Waals surface area contributed by atoms with Gasteiger partial charge in [0.25, 0.3) is 0 Å². The monoisotopic (exact) mass is 300 g/mol. The van der Waals surface area contributed by atoms with Crippen molar-refractivity contribution in [1.82, 2.24) is 9.62 Å². The second-order valence-electron chi connectivity index (χ2n) is 4.55. The normalized spacial score (nSPS) is 13.1. The number of carbonyl (C=O) groups excluding carboxylic acids is 1. The lowest BCUT2D eigenvalue weighted by molar-refractivity contribution is -0.121. The highest BCUT2D eigenvalue weighted by Crippen LogP contribution is 2.24. The Kier molecular flexibility index (Phi) is 5.52. The molecule has 20 heavy (non-hydrogen) atoms. The summed E-state index contributed by atoms with van der Waals surface area (Å²) < 4.78 is 28.7. The predicted molar refractivity (Wildman–Crippen MR) is 77.0 cm³/mol. The SMILES string of the molecule is COc1ccccc1[C@@H](C)NC(=O)CN(C)S(C)(=O)=O. The molecule has 7 heteroatoms. The van der Waals surface area contributed by atoms with E-state index < -0.39 is 10.0 Å². The molecule has 1 N–H and O–H groups in total. The molecule has 0 unspecified atom stereocenters. The fourth-order valence-electron chi connectivity index (χ4n) is 1.71. The lowest BCUT2D eigenvalue weighted by Gasteiger charge is -2.19. The van der Waals surface area contributed by atoms with Gasteiger partial charge in [-0.15, -0.1) is 0 Å². The molecule has 0 aliphatic carbocycles. The standard InChI is InChI=1S/C13H20N2O4S/c1-10(11-7-5-6-8-12(11)19-3)14-13(16)9-15(2)20(4,17)18/h5-8,10H,9H2,1-4H3,(H,14,16)/t10-/m1/s1. The molecular weight excluding hydrogens is 280 g/mol. The minimum atomic E-state index is -3.36. The number of methoxy groups -OCH3 is 1. The van der Waals surface area contributed by atoms with Crippen LogP contribution in [0.1, 0.15) is 18.5 Å². The maximum atomic E-state index is 11.8. The fraction of sp³-hybridized carbons (Fsp3) is 0.462. The molecule has 0 radical (unpaired) electrons. The zero-order chi connectivity index (χ0) is 15.3. The summed E-state index contributed by atoms with van der Waals surface area (Å²) in [5.41, 5.74) is 0.838. The third-order valence-electron chi connectivity index (χ3n) is 2.92. The first-order valence-corrected chi connectivity index (χ1v) is 7.94. The van der Waals surface area contributed by atoms with Gasteiger partial charge in [-0.05, 0) is 13.0 Å². The molecule has 6 nitrogen and oxygen atoms in total. The molecule has 0 saturated heterocycles. The summed E-state index contributed by atoms with van der Waals surface area (Å²) in [5, 5.41) is 2.75. The second-order valence-corrected chi connectivity index (χ2v) is 6.64. The molecule has 1 aromatic carbocycles. The number of carbonyl (C=O) groups is 1. The van der Waals surface area contributed by atoms with Crippen molar-refractivity contribution in [3.63, 3.8) is 0 Å². The molecule has 0 bridgehead atoms. The van der Waals surface area contributed by atoms with Crippen molar-refractivity contribution in [1.29, 1.82) is 0 Å². The number of nitrogens with one attached hydrogen (secondary N) is 1. The van der Waals surface area contributed by atoms with Gasteiger partial charge in [-0.25, -0.2) is 8.42 Å². The fourth-order valence-corrected chi connectivity index (χ4v) is 2.06. The van der Waals surface area contributed by atoms with Gasteiger partial charge >= 0.3 is 0 Å². The molecule has 1 amide bonds. The first-order valence-electron chi connectivity index (χ1n) is 6.09. The number of nitrogens with zero attached hydrogens (tertiary/aromatic N) is 1. The van der Waals surface area contributed by atoms with Crippen LogP contribution in [0.5, 0.6) is 5.75 Å². The molecule has 0 aliphatic rings. The maximum absolute atomic E-state index is 11.8. The van der Waals surface area contributed by atoms with E-state index in [9.17, 15) is 13.2 Å². The highest BCUT2D eigenvalue weighted by molar-refractivity contribution is 7.88. The van der Waals surface area contributed by atoms with E-state index in [0.29, 0.717) is 5.75 Å². The Morgan fingerprint density at radius 2 is 2.00 bits per heavy atom. The molecular formula is C13H20N2O4S. The summed E-state index contributed by atoms with van der Waals surface area (Å²) in [5.74, 6) is 0.313. The van der Waals surface area contributed by atoms with Gasteiger partial charge in [0.05, 0.1) is 26.0 Å². The quantitative estimate of drug-likeness (QED) is 0.842. The summed E-state index contributed by atoms with van der Waals surface area (Å²) in [6, 6.07) is 7.08. The Morgan fingerprint density at radius 1 is 1.40 bits per heavy atom. The van der Waals surface area contributed by atoms with E-state index in [1.54, 1.807) is 13.2 Å². The molecule has 0 fully saturated rings. The highest BCUT2D eigenvalue weighted by Gasteiger charge is 2.18. The Hall–Kier alpha value is -1.60. The Bertz CT molecular complexity index is 571. The third-order valence-corrected chi connectivity index (χ3v) is 4.18. The lowest BCUT2D eigenvalue weighted by Crippen LogP contribution is -2.38. The van der Waals surface area contributed by atoms with Gasteiger partial charge in [0, 0.05) is 12.6 Å². The number of hydrogen-bond donors (Lipinski definition) is 1. The minimum Gasteiger partial charge on any atom is -0.496 e. The Balaban J connectivity index is 2.71. The Morgan fingerprint density at radius 3 is 2.55 bits per heavy atom. The van der Waals surface area contributed by atoms with Crippen LogP contribution < -0.4 is 10.1 Å². The average Bonchev–Trinajstić information content (AvgIpc) is 2.37. The zero-order valence-electron chi connectivity index (χ0n) is 12.1. The topological polar surface area (TPSA) is 75.7 Å². The summed E-state index contributed by atoms with van der Waals surface area (Å²) in [4.78, 5) is 11.8. The summed E-state index contributed by atoms with van der Waals surface area (Å²) in [7, 11) is -0.439. The largest absolute Gasteiger partial charge is 0.496 e. The predicted octanol–water partition coefficient (Wildman–Crippen LogP) is 0.764. The Labute approximate surface area is 119 Å². The van der Waals surface area contributed by atoms with Crippen molar-refractivity contribution >= 4 is 15.9 Å². The average molecular weight is 300 g/mol. The van der Waals surface area contributed by atoms with Crippen LogP contribution in [-0.4, -0.2) is 45.6 Å². The van der Waals surface area contributed by atoms with E-state index in [0.717, 1.165) is 16.1 Å². The molecule has 1 atom stereocenters. The van der Waals surface area contributed by atoms with Crippen molar-refractivity contribution in [3.05, 3.63) is 29.8 Å². The van der Waals surface area contributed by atoms with Crippen LogP contribution in [0.25, 0.3) is 0 Å². The minimum absolute atomic E-state index is 0.210. The summed E-state index contributed by atoms with van der Waals surface area (Å²) in [6.07, 6.45) is 1.06. The van der Waals surface area contributed by atoms with Crippen molar-refractivity contribution in [3.8, 4) is 5.75 Å². The van der Waals surface area contributed by atoms with Gasteiger partial charge in [-0.2, -0.15) is 4.31 Å². The van der Waals surface area contributed by atoms with E-state index in [4.69, 9.17) is 4.74 Å². The van der Waals surface area contributed by atoms with Crippen molar-refractivity contribution in [2.24, 2.45) is 0 Å². The van der Waals surface area contributed by atoms with Crippen molar-refractivity contribution in [2.75, 3.05) is 27.0 Å². The van der Waals surface area contributed by atoms with Gasteiger partial charge in [-0.3, -0.25) is 4.79 Å². The first-order chi connectivity index (χ1) is 9.25. The number of para-hydroxylation sites is 1. The number of sulfonamides is 1. The number of benzene rings is 1. The van der Waals surface area contributed by atoms with Gasteiger partial charge < -0.3 is 10.1 Å². The third kappa shape index (κ3) is 4.50. The number of hydrogen-bond acceptors (Lipinski definition) is 4. The van der Waals surface area contributed by atoms with Gasteiger partial charge in [0.15, 0.2) is 0 Å². The summed E-state index contributed by atoms with van der Waals surface area (Å²) in [6.45, 7) is 1.61. The molecule has 0 aromatic heterocycles. The van der Waals surface area contributed by atoms with Crippen LogP contribution in [0, 0.1) is 0 Å².